The highest BCUT2D eigenvalue weighted by molar-refractivity contribution is 5.27. The van der Waals surface area contributed by atoms with E-state index < -0.39 is 29.2 Å². The van der Waals surface area contributed by atoms with Gasteiger partial charge in [-0.15, -0.1) is 0 Å². The quantitative estimate of drug-likeness (QED) is 0.335. The lowest BCUT2D eigenvalue weighted by molar-refractivity contribution is -0.102. The molecule has 1 fully saturated rings. The number of hydrogen-bond donors (Lipinski definition) is 0. The summed E-state index contributed by atoms with van der Waals surface area (Å²) in [6, 6.07) is 8.54. The van der Waals surface area contributed by atoms with Gasteiger partial charge in [0.2, 0.25) is 0 Å². The molecule has 32 heavy (non-hydrogen) atoms. The second kappa shape index (κ2) is 10.0. The highest BCUT2D eigenvalue weighted by atomic mass is 16.6. The molecule has 1 aliphatic heterocycles. The minimum absolute atomic E-state index is 0.0646. The zero-order valence-electron chi connectivity index (χ0n) is 18.8. The summed E-state index contributed by atoms with van der Waals surface area (Å²) in [6.07, 6.45) is 1.50. The Morgan fingerprint density at radius 3 is 2.53 bits per heavy atom. The maximum atomic E-state index is 13.3. The van der Waals surface area contributed by atoms with Crippen LogP contribution in [0.15, 0.2) is 51.2 Å². The molecule has 1 aliphatic rings. The van der Waals surface area contributed by atoms with Crippen LogP contribution in [0.5, 0.6) is 5.75 Å². The van der Waals surface area contributed by atoms with Gasteiger partial charge in [-0.1, -0.05) is 31.1 Å². The molecule has 0 aliphatic carbocycles. The largest absolute Gasteiger partial charge is 0.497 e. The maximum absolute atomic E-state index is 13.3. The van der Waals surface area contributed by atoms with Gasteiger partial charge in [-0.25, -0.2) is 4.79 Å². The number of aromatic nitrogens is 2. The maximum Gasteiger partial charge on any atom is 0.333 e. The standard InChI is InChI=1S/C22H29N5O5/c1-5-22(11-12-24-25-23)15(2)19(31-4)20(32-22)26-13-10-18(28)27(21(26)29)14-16-6-8-17(30-3)9-7-16/h6-10,13,15,19-20H,5,11-12,14H2,1-4H3/t15?,19-,20+,22-/m0/s1. The summed E-state index contributed by atoms with van der Waals surface area (Å²) < 4.78 is 19.9. The molecule has 2 heterocycles. The molecule has 2 aromatic rings. The first-order valence-electron chi connectivity index (χ1n) is 10.6. The van der Waals surface area contributed by atoms with Gasteiger partial charge in [0, 0.05) is 36.7 Å². The summed E-state index contributed by atoms with van der Waals surface area (Å²) in [7, 11) is 3.16. The van der Waals surface area contributed by atoms with E-state index in [0.717, 1.165) is 5.56 Å². The van der Waals surface area contributed by atoms with E-state index in [1.165, 1.54) is 21.4 Å². The molecule has 3 rings (SSSR count). The number of methoxy groups -OCH3 is 2. The summed E-state index contributed by atoms with van der Waals surface area (Å²) >= 11 is 0. The van der Waals surface area contributed by atoms with Crippen molar-refractivity contribution in [2.75, 3.05) is 20.8 Å². The third-order valence-electron chi connectivity index (χ3n) is 6.40. The molecule has 172 valence electrons. The fourth-order valence-electron chi connectivity index (χ4n) is 4.43. The van der Waals surface area contributed by atoms with E-state index in [1.807, 2.05) is 26.0 Å². The fourth-order valence-corrected chi connectivity index (χ4v) is 4.43. The van der Waals surface area contributed by atoms with Crippen molar-refractivity contribution in [3.8, 4) is 5.75 Å². The van der Waals surface area contributed by atoms with Gasteiger partial charge in [0.25, 0.3) is 5.56 Å². The Kier molecular flexibility index (Phi) is 7.40. The lowest BCUT2D eigenvalue weighted by atomic mass is 9.82. The van der Waals surface area contributed by atoms with Gasteiger partial charge in [-0.3, -0.25) is 13.9 Å². The van der Waals surface area contributed by atoms with Gasteiger partial charge in [-0.05, 0) is 36.1 Å². The average molecular weight is 444 g/mol. The van der Waals surface area contributed by atoms with Crippen LogP contribution in [0, 0.1) is 5.92 Å². The summed E-state index contributed by atoms with van der Waals surface area (Å²) in [4.78, 5) is 28.7. The highest BCUT2D eigenvalue weighted by Gasteiger charge is 2.52. The Hall–Kier alpha value is -3.07. The van der Waals surface area contributed by atoms with Gasteiger partial charge in [0.15, 0.2) is 6.23 Å². The Morgan fingerprint density at radius 1 is 1.22 bits per heavy atom. The molecular formula is C22H29N5O5. The highest BCUT2D eigenvalue weighted by Crippen LogP contribution is 2.46. The van der Waals surface area contributed by atoms with E-state index in [1.54, 1.807) is 26.4 Å². The van der Waals surface area contributed by atoms with Crippen LogP contribution in [0.3, 0.4) is 0 Å². The Balaban J connectivity index is 1.97. The smallest absolute Gasteiger partial charge is 0.333 e. The van der Waals surface area contributed by atoms with Gasteiger partial charge in [-0.2, -0.15) is 0 Å². The third kappa shape index (κ3) is 4.43. The van der Waals surface area contributed by atoms with Gasteiger partial charge >= 0.3 is 5.69 Å². The van der Waals surface area contributed by atoms with Crippen molar-refractivity contribution in [1.29, 1.82) is 0 Å². The van der Waals surface area contributed by atoms with Crippen LogP contribution in [0.25, 0.3) is 10.4 Å². The molecule has 0 radical (unpaired) electrons. The third-order valence-corrected chi connectivity index (χ3v) is 6.40. The minimum Gasteiger partial charge on any atom is -0.497 e. The van der Waals surface area contributed by atoms with E-state index in [9.17, 15) is 9.59 Å². The lowest BCUT2D eigenvalue weighted by Gasteiger charge is -2.31. The molecule has 1 aromatic heterocycles. The predicted octanol–water partition coefficient (Wildman–Crippen LogP) is 3.10. The summed E-state index contributed by atoms with van der Waals surface area (Å²) in [5.74, 6) is 0.629. The van der Waals surface area contributed by atoms with Crippen LogP contribution in [0.1, 0.15) is 38.5 Å². The van der Waals surface area contributed by atoms with Crippen LogP contribution < -0.4 is 16.0 Å². The number of ether oxygens (including phenoxy) is 3. The number of rotatable bonds is 9. The van der Waals surface area contributed by atoms with Crippen molar-refractivity contribution in [1.82, 2.24) is 9.13 Å². The first-order chi connectivity index (χ1) is 15.4. The van der Waals surface area contributed by atoms with Crippen molar-refractivity contribution in [3.63, 3.8) is 0 Å². The Morgan fingerprint density at radius 2 is 1.94 bits per heavy atom. The molecule has 0 spiro atoms. The zero-order chi connectivity index (χ0) is 23.3. The molecule has 1 unspecified atom stereocenters. The molecule has 0 bridgehead atoms. The van der Waals surface area contributed by atoms with Crippen molar-refractivity contribution in [2.24, 2.45) is 11.0 Å². The molecule has 1 aromatic carbocycles. The van der Waals surface area contributed by atoms with Crippen LogP contribution in [-0.2, 0) is 16.0 Å². The molecule has 10 nitrogen and oxygen atoms in total. The zero-order valence-corrected chi connectivity index (χ0v) is 18.8. The number of nitrogens with zero attached hydrogens (tertiary/aromatic N) is 5. The van der Waals surface area contributed by atoms with E-state index in [-0.39, 0.29) is 19.0 Å². The Labute approximate surface area is 186 Å². The molecule has 0 N–H and O–H groups in total. The van der Waals surface area contributed by atoms with Crippen molar-refractivity contribution < 1.29 is 14.2 Å². The SMILES string of the molecule is CC[C@@]1(CCN=[N+]=[N-])O[C@@H](n2ccc(=O)n(Cc3ccc(OC)cc3)c2=O)[C@@H](OC)C1C. The molecule has 0 amide bonds. The first-order valence-corrected chi connectivity index (χ1v) is 10.6. The second-order valence-electron chi connectivity index (χ2n) is 7.90. The van der Waals surface area contributed by atoms with Crippen molar-refractivity contribution in [2.45, 2.75) is 51.2 Å². The monoisotopic (exact) mass is 443 g/mol. The van der Waals surface area contributed by atoms with Crippen molar-refractivity contribution >= 4 is 0 Å². The normalized spacial score (nSPS) is 24.8. The Bertz CT molecular complexity index is 1090. The van der Waals surface area contributed by atoms with E-state index in [2.05, 4.69) is 10.0 Å². The summed E-state index contributed by atoms with van der Waals surface area (Å²) in [5.41, 5.74) is 7.95. The summed E-state index contributed by atoms with van der Waals surface area (Å²) in [6.45, 7) is 4.41. The molecule has 10 heteroatoms. The fraction of sp³-hybridized carbons (Fsp3) is 0.545. The molecule has 4 atom stereocenters. The number of benzene rings is 1. The molecule has 0 saturated carbocycles. The van der Waals surface area contributed by atoms with Gasteiger partial charge in [0.1, 0.15) is 11.9 Å². The number of hydrogen-bond acceptors (Lipinski definition) is 6. The second-order valence-corrected chi connectivity index (χ2v) is 7.90. The summed E-state index contributed by atoms with van der Waals surface area (Å²) in [5, 5.41) is 3.65. The number of azide groups is 1. The predicted molar refractivity (Wildman–Crippen MR) is 119 cm³/mol. The van der Waals surface area contributed by atoms with Gasteiger partial charge in [0.05, 0.1) is 19.3 Å². The van der Waals surface area contributed by atoms with Gasteiger partial charge < -0.3 is 14.2 Å². The van der Waals surface area contributed by atoms with Crippen LogP contribution in [0.2, 0.25) is 0 Å². The first kappa shape index (κ1) is 23.6. The van der Waals surface area contributed by atoms with Crippen molar-refractivity contribution in [3.05, 3.63) is 73.4 Å². The van der Waals surface area contributed by atoms with Crippen LogP contribution in [0.4, 0.5) is 0 Å². The average Bonchev–Trinajstić information content (AvgIpc) is 3.09. The van der Waals surface area contributed by atoms with E-state index in [4.69, 9.17) is 19.7 Å². The molecular weight excluding hydrogens is 414 g/mol. The topological polar surface area (TPSA) is 120 Å². The van der Waals surface area contributed by atoms with Crippen LogP contribution >= 0.6 is 0 Å². The lowest BCUT2D eigenvalue weighted by Crippen LogP contribution is -2.43. The minimum atomic E-state index is -0.712. The van der Waals surface area contributed by atoms with Crippen LogP contribution in [-0.4, -0.2) is 41.6 Å². The van der Waals surface area contributed by atoms with E-state index >= 15 is 0 Å². The molecule has 1 saturated heterocycles. The van der Waals surface area contributed by atoms with E-state index in [0.29, 0.717) is 18.6 Å².